The van der Waals surface area contributed by atoms with Crippen molar-refractivity contribution in [2.45, 2.75) is 6.61 Å². The molecule has 0 saturated heterocycles. The molecule has 0 N–H and O–H groups in total. The highest BCUT2D eigenvalue weighted by molar-refractivity contribution is 9.10. The summed E-state index contributed by atoms with van der Waals surface area (Å²) in [5.74, 6) is 1.60. The standard InChI is InChI=1S/C15H15BrO3/c1-17-11-18-10-12-9-14(7-8-15(12)16)19-13-5-3-2-4-6-13/h2-9H,10-11H2,1H3. The summed E-state index contributed by atoms with van der Waals surface area (Å²) in [4.78, 5) is 0. The molecule has 100 valence electrons. The second kappa shape index (κ2) is 7.28. The van der Waals surface area contributed by atoms with Crippen LogP contribution in [0.4, 0.5) is 0 Å². The van der Waals surface area contributed by atoms with Crippen LogP contribution in [-0.4, -0.2) is 13.9 Å². The van der Waals surface area contributed by atoms with Crippen LogP contribution >= 0.6 is 15.9 Å². The third kappa shape index (κ3) is 4.35. The van der Waals surface area contributed by atoms with Gasteiger partial charge in [0.1, 0.15) is 18.3 Å². The van der Waals surface area contributed by atoms with E-state index in [1.165, 1.54) is 0 Å². The molecule has 0 bridgehead atoms. The van der Waals surface area contributed by atoms with Crippen LogP contribution in [-0.2, 0) is 16.1 Å². The summed E-state index contributed by atoms with van der Waals surface area (Å²) in [6.07, 6.45) is 0. The van der Waals surface area contributed by atoms with Crippen molar-refractivity contribution in [3.8, 4) is 11.5 Å². The molecule has 0 aliphatic rings. The maximum absolute atomic E-state index is 5.77. The molecule has 0 heterocycles. The number of hydrogen-bond donors (Lipinski definition) is 0. The largest absolute Gasteiger partial charge is 0.457 e. The van der Waals surface area contributed by atoms with Crippen molar-refractivity contribution in [1.29, 1.82) is 0 Å². The maximum Gasteiger partial charge on any atom is 0.146 e. The second-order valence-electron chi connectivity index (χ2n) is 3.92. The molecule has 0 aliphatic heterocycles. The van der Waals surface area contributed by atoms with Crippen molar-refractivity contribution >= 4 is 15.9 Å². The fraction of sp³-hybridized carbons (Fsp3) is 0.200. The van der Waals surface area contributed by atoms with Gasteiger partial charge in [-0.1, -0.05) is 34.1 Å². The van der Waals surface area contributed by atoms with Gasteiger partial charge in [0.2, 0.25) is 0 Å². The molecular formula is C15H15BrO3. The van der Waals surface area contributed by atoms with E-state index in [1.807, 2.05) is 48.5 Å². The van der Waals surface area contributed by atoms with E-state index in [0.717, 1.165) is 21.5 Å². The zero-order valence-electron chi connectivity index (χ0n) is 10.6. The van der Waals surface area contributed by atoms with E-state index < -0.39 is 0 Å². The van der Waals surface area contributed by atoms with Gasteiger partial charge in [0, 0.05) is 11.6 Å². The molecule has 0 saturated carbocycles. The molecule has 0 atom stereocenters. The number of hydrogen-bond acceptors (Lipinski definition) is 3. The van der Waals surface area contributed by atoms with Crippen LogP contribution < -0.4 is 4.74 Å². The lowest BCUT2D eigenvalue weighted by Gasteiger charge is -2.10. The molecule has 2 aromatic carbocycles. The van der Waals surface area contributed by atoms with Crippen molar-refractivity contribution in [3.63, 3.8) is 0 Å². The molecular weight excluding hydrogens is 308 g/mol. The normalized spacial score (nSPS) is 10.4. The van der Waals surface area contributed by atoms with Gasteiger partial charge in [-0.05, 0) is 35.9 Å². The minimum absolute atomic E-state index is 0.274. The van der Waals surface area contributed by atoms with Crippen LogP contribution in [0.2, 0.25) is 0 Å². The average molecular weight is 323 g/mol. The van der Waals surface area contributed by atoms with Gasteiger partial charge < -0.3 is 14.2 Å². The molecule has 0 radical (unpaired) electrons. The molecule has 2 aromatic rings. The Hall–Kier alpha value is -1.36. The highest BCUT2D eigenvalue weighted by atomic mass is 79.9. The van der Waals surface area contributed by atoms with Gasteiger partial charge in [-0.3, -0.25) is 0 Å². The van der Waals surface area contributed by atoms with Gasteiger partial charge in [0.25, 0.3) is 0 Å². The molecule has 0 amide bonds. The van der Waals surface area contributed by atoms with Crippen LogP contribution in [0, 0.1) is 0 Å². The number of benzene rings is 2. The predicted molar refractivity (Wildman–Crippen MR) is 77.3 cm³/mol. The van der Waals surface area contributed by atoms with Gasteiger partial charge in [0.05, 0.1) is 6.61 Å². The fourth-order valence-electron chi connectivity index (χ4n) is 1.58. The van der Waals surface area contributed by atoms with Gasteiger partial charge >= 0.3 is 0 Å². The van der Waals surface area contributed by atoms with E-state index in [4.69, 9.17) is 14.2 Å². The molecule has 0 unspecified atom stereocenters. The number of halogens is 1. The lowest BCUT2D eigenvalue weighted by molar-refractivity contribution is -0.0392. The minimum Gasteiger partial charge on any atom is -0.457 e. The van der Waals surface area contributed by atoms with Crippen LogP contribution in [0.25, 0.3) is 0 Å². The number of ether oxygens (including phenoxy) is 3. The smallest absolute Gasteiger partial charge is 0.146 e. The van der Waals surface area contributed by atoms with Crippen molar-refractivity contribution in [3.05, 3.63) is 58.6 Å². The topological polar surface area (TPSA) is 27.7 Å². The molecule has 0 aromatic heterocycles. The van der Waals surface area contributed by atoms with Crippen molar-refractivity contribution in [2.24, 2.45) is 0 Å². The minimum atomic E-state index is 0.274. The van der Waals surface area contributed by atoms with Crippen molar-refractivity contribution in [1.82, 2.24) is 0 Å². The Labute approximate surface area is 121 Å². The molecule has 0 aliphatic carbocycles. The lowest BCUT2D eigenvalue weighted by Crippen LogP contribution is -1.98. The Balaban J connectivity index is 2.07. The summed E-state index contributed by atoms with van der Waals surface area (Å²) in [5.41, 5.74) is 1.02. The molecule has 4 heteroatoms. The second-order valence-corrected chi connectivity index (χ2v) is 4.78. The molecule has 0 spiro atoms. The van der Waals surface area contributed by atoms with Crippen molar-refractivity contribution in [2.75, 3.05) is 13.9 Å². The van der Waals surface area contributed by atoms with E-state index in [9.17, 15) is 0 Å². The van der Waals surface area contributed by atoms with E-state index >= 15 is 0 Å². The third-order valence-corrected chi connectivity index (χ3v) is 3.23. The Kier molecular flexibility index (Phi) is 5.39. The molecule has 0 fully saturated rings. The summed E-state index contributed by atoms with van der Waals surface area (Å²) in [5, 5.41) is 0. The fourth-order valence-corrected chi connectivity index (χ4v) is 1.95. The van der Waals surface area contributed by atoms with Crippen LogP contribution in [0.1, 0.15) is 5.56 Å². The van der Waals surface area contributed by atoms with E-state index in [2.05, 4.69) is 15.9 Å². The summed E-state index contributed by atoms with van der Waals surface area (Å²) in [6, 6.07) is 15.5. The van der Waals surface area contributed by atoms with Crippen molar-refractivity contribution < 1.29 is 14.2 Å². The number of rotatable bonds is 6. The van der Waals surface area contributed by atoms with Gasteiger partial charge in [-0.25, -0.2) is 0 Å². The SMILES string of the molecule is COCOCc1cc(Oc2ccccc2)ccc1Br. The monoisotopic (exact) mass is 322 g/mol. The Morgan fingerprint density at radius 1 is 1.00 bits per heavy atom. The number of para-hydroxylation sites is 1. The first-order chi connectivity index (χ1) is 9.29. The molecule has 2 rings (SSSR count). The first kappa shape index (κ1) is 14.1. The highest BCUT2D eigenvalue weighted by Gasteiger charge is 2.04. The highest BCUT2D eigenvalue weighted by Crippen LogP contribution is 2.27. The van der Waals surface area contributed by atoms with Gasteiger partial charge in [-0.15, -0.1) is 0 Å². The van der Waals surface area contributed by atoms with Gasteiger partial charge in [-0.2, -0.15) is 0 Å². The summed E-state index contributed by atoms with van der Waals surface area (Å²) in [6.45, 7) is 0.747. The van der Waals surface area contributed by atoms with Gasteiger partial charge in [0.15, 0.2) is 0 Å². The summed E-state index contributed by atoms with van der Waals surface area (Å²) >= 11 is 3.49. The first-order valence-corrected chi connectivity index (χ1v) is 6.67. The maximum atomic E-state index is 5.77. The zero-order valence-corrected chi connectivity index (χ0v) is 12.2. The van der Waals surface area contributed by atoms with E-state index in [0.29, 0.717) is 6.61 Å². The van der Waals surface area contributed by atoms with Crippen LogP contribution in [0.3, 0.4) is 0 Å². The molecule has 19 heavy (non-hydrogen) atoms. The Morgan fingerprint density at radius 3 is 2.53 bits per heavy atom. The van der Waals surface area contributed by atoms with Crippen LogP contribution in [0.5, 0.6) is 11.5 Å². The van der Waals surface area contributed by atoms with Crippen LogP contribution in [0.15, 0.2) is 53.0 Å². The summed E-state index contributed by atoms with van der Waals surface area (Å²) in [7, 11) is 1.60. The Bertz CT molecular complexity index is 514. The average Bonchev–Trinajstić information content (AvgIpc) is 2.44. The van der Waals surface area contributed by atoms with E-state index in [-0.39, 0.29) is 6.79 Å². The quantitative estimate of drug-likeness (QED) is 0.584. The van der Waals surface area contributed by atoms with E-state index in [1.54, 1.807) is 7.11 Å². The Morgan fingerprint density at radius 2 is 1.79 bits per heavy atom. The first-order valence-electron chi connectivity index (χ1n) is 5.87. The zero-order chi connectivity index (χ0) is 13.5. The predicted octanol–water partition coefficient (Wildman–Crippen LogP) is 4.36. The lowest BCUT2D eigenvalue weighted by atomic mass is 10.2. The molecule has 3 nitrogen and oxygen atoms in total. The number of methoxy groups -OCH3 is 1. The third-order valence-electron chi connectivity index (χ3n) is 2.45. The summed E-state index contributed by atoms with van der Waals surface area (Å²) < 4.78 is 17.0.